The Labute approximate surface area is 87.3 Å². The summed E-state index contributed by atoms with van der Waals surface area (Å²) >= 11 is 0. The first-order chi connectivity index (χ1) is 6.92. The van der Waals surface area contributed by atoms with Gasteiger partial charge in [-0.15, -0.1) is 0 Å². The second kappa shape index (κ2) is 4.66. The molecule has 0 aliphatic rings. The Hall–Kier alpha value is -1.03. The van der Waals surface area contributed by atoms with Gasteiger partial charge in [-0.1, -0.05) is 29.8 Å². The van der Waals surface area contributed by atoms with Crippen molar-refractivity contribution in [1.82, 2.24) is 5.32 Å². The van der Waals surface area contributed by atoms with Crippen LogP contribution in [0.25, 0.3) is 0 Å². The average molecular weight is 217 g/mol. The molecule has 0 fully saturated rings. The predicted octanol–water partition coefficient (Wildman–Crippen LogP) is 3.21. The van der Waals surface area contributed by atoms with E-state index in [4.69, 9.17) is 0 Å². The zero-order chi connectivity index (χ0) is 11.5. The van der Waals surface area contributed by atoms with Crippen LogP contribution in [0.5, 0.6) is 0 Å². The van der Waals surface area contributed by atoms with Gasteiger partial charge in [0.05, 0.1) is 6.42 Å². The molecule has 0 spiro atoms. The Morgan fingerprint density at radius 1 is 1.33 bits per heavy atom. The lowest BCUT2D eigenvalue weighted by atomic mass is 10.0. The quantitative estimate of drug-likeness (QED) is 0.819. The van der Waals surface area contributed by atoms with Crippen LogP contribution in [0, 0.1) is 6.92 Å². The highest BCUT2D eigenvalue weighted by molar-refractivity contribution is 5.25. The highest BCUT2D eigenvalue weighted by Gasteiger charge is 2.31. The molecular weight excluding hydrogens is 203 g/mol. The van der Waals surface area contributed by atoms with E-state index in [0.717, 1.165) is 5.56 Å². The summed E-state index contributed by atoms with van der Waals surface area (Å²) in [6, 6.07) is 6.45. The van der Waals surface area contributed by atoms with Gasteiger partial charge >= 0.3 is 6.18 Å². The highest BCUT2D eigenvalue weighted by Crippen LogP contribution is 2.29. The Kier molecular flexibility index (Phi) is 3.74. The van der Waals surface area contributed by atoms with Gasteiger partial charge in [-0.25, -0.2) is 0 Å². The fourth-order valence-corrected chi connectivity index (χ4v) is 1.50. The van der Waals surface area contributed by atoms with E-state index < -0.39 is 18.6 Å². The molecule has 1 nitrogen and oxygen atoms in total. The molecule has 1 unspecified atom stereocenters. The smallest absolute Gasteiger partial charge is 0.313 e. The molecule has 0 aliphatic carbocycles. The van der Waals surface area contributed by atoms with Crippen LogP contribution in [0.3, 0.4) is 0 Å². The number of aryl methyl sites for hydroxylation is 1. The zero-order valence-corrected chi connectivity index (χ0v) is 8.73. The molecule has 0 bridgehead atoms. The predicted molar refractivity (Wildman–Crippen MR) is 53.7 cm³/mol. The molecule has 0 heterocycles. The number of nitrogens with one attached hydrogen (secondary N) is 1. The molecule has 0 aliphatic heterocycles. The molecule has 1 rings (SSSR count). The fraction of sp³-hybridized carbons (Fsp3) is 0.455. The second-order valence-corrected chi connectivity index (χ2v) is 3.57. The van der Waals surface area contributed by atoms with Crippen LogP contribution in [0.2, 0.25) is 0 Å². The molecular formula is C11H14F3N. The van der Waals surface area contributed by atoms with E-state index in [0.29, 0.717) is 5.56 Å². The van der Waals surface area contributed by atoms with E-state index in [1.165, 1.54) is 0 Å². The molecule has 84 valence electrons. The first-order valence-electron chi connectivity index (χ1n) is 4.73. The molecule has 0 saturated carbocycles. The summed E-state index contributed by atoms with van der Waals surface area (Å²) in [5.74, 6) is 0. The van der Waals surface area contributed by atoms with Crippen LogP contribution in [0.1, 0.15) is 23.6 Å². The molecule has 1 N–H and O–H groups in total. The Morgan fingerprint density at radius 2 is 2.00 bits per heavy atom. The lowest BCUT2D eigenvalue weighted by molar-refractivity contribution is -0.140. The number of halogens is 3. The normalized spacial score (nSPS) is 13.9. The minimum Gasteiger partial charge on any atom is -0.313 e. The SMILES string of the molecule is CNC(CC(F)(F)F)c1cccc(C)c1. The summed E-state index contributed by atoms with van der Waals surface area (Å²) in [5.41, 5.74) is 1.64. The van der Waals surface area contributed by atoms with Crippen LogP contribution in [-0.2, 0) is 0 Å². The van der Waals surface area contributed by atoms with Gasteiger partial charge in [-0.2, -0.15) is 13.2 Å². The molecule has 15 heavy (non-hydrogen) atoms. The van der Waals surface area contributed by atoms with Crippen LogP contribution < -0.4 is 5.32 Å². The first kappa shape index (κ1) is 12.0. The van der Waals surface area contributed by atoms with Crippen molar-refractivity contribution in [1.29, 1.82) is 0 Å². The minimum atomic E-state index is -4.14. The summed E-state index contributed by atoms with van der Waals surface area (Å²) in [6.07, 6.45) is -4.98. The van der Waals surface area contributed by atoms with Crippen LogP contribution in [0.4, 0.5) is 13.2 Å². The monoisotopic (exact) mass is 217 g/mol. The van der Waals surface area contributed by atoms with Crippen molar-refractivity contribution in [3.8, 4) is 0 Å². The maximum atomic E-state index is 12.2. The Balaban J connectivity index is 2.83. The number of rotatable bonds is 3. The van der Waals surface area contributed by atoms with Gasteiger partial charge in [0, 0.05) is 6.04 Å². The van der Waals surface area contributed by atoms with E-state index in [1.807, 2.05) is 13.0 Å². The van der Waals surface area contributed by atoms with Crippen molar-refractivity contribution in [2.24, 2.45) is 0 Å². The standard InChI is InChI=1S/C11H14F3N/c1-8-4-3-5-9(6-8)10(15-2)7-11(12,13)14/h3-6,10,15H,7H2,1-2H3. The van der Waals surface area contributed by atoms with Crippen LogP contribution in [-0.4, -0.2) is 13.2 Å². The van der Waals surface area contributed by atoms with Crippen molar-refractivity contribution in [3.05, 3.63) is 35.4 Å². The van der Waals surface area contributed by atoms with E-state index in [1.54, 1.807) is 25.2 Å². The summed E-state index contributed by atoms with van der Waals surface area (Å²) in [5, 5.41) is 2.68. The largest absolute Gasteiger partial charge is 0.390 e. The minimum absolute atomic E-state index is 0.662. The van der Waals surface area contributed by atoms with Gasteiger partial charge in [0.1, 0.15) is 0 Å². The van der Waals surface area contributed by atoms with E-state index in [2.05, 4.69) is 5.32 Å². The molecule has 0 aromatic heterocycles. The van der Waals surface area contributed by atoms with Gasteiger partial charge in [-0.05, 0) is 19.5 Å². The van der Waals surface area contributed by atoms with Crippen molar-refractivity contribution in [3.63, 3.8) is 0 Å². The van der Waals surface area contributed by atoms with E-state index in [9.17, 15) is 13.2 Å². The second-order valence-electron chi connectivity index (χ2n) is 3.57. The van der Waals surface area contributed by atoms with Crippen molar-refractivity contribution in [2.45, 2.75) is 25.6 Å². The molecule has 0 saturated heterocycles. The van der Waals surface area contributed by atoms with Crippen molar-refractivity contribution < 1.29 is 13.2 Å². The maximum absolute atomic E-state index is 12.2. The third-order valence-electron chi connectivity index (χ3n) is 2.23. The fourth-order valence-electron chi connectivity index (χ4n) is 1.50. The zero-order valence-electron chi connectivity index (χ0n) is 8.73. The third-order valence-corrected chi connectivity index (χ3v) is 2.23. The van der Waals surface area contributed by atoms with Crippen LogP contribution in [0.15, 0.2) is 24.3 Å². The van der Waals surface area contributed by atoms with Gasteiger partial charge in [-0.3, -0.25) is 0 Å². The van der Waals surface area contributed by atoms with Crippen LogP contribution >= 0.6 is 0 Å². The van der Waals surface area contributed by atoms with Crippen molar-refractivity contribution >= 4 is 0 Å². The number of alkyl halides is 3. The number of hydrogen-bond donors (Lipinski definition) is 1. The number of benzene rings is 1. The first-order valence-corrected chi connectivity index (χ1v) is 4.73. The lowest BCUT2D eigenvalue weighted by Crippen LogP contribution is -2.23. The highest BCUT2D eigenvalue weighted by atomic mass is 19.4. The summed E-state index contributed by atoms with van der Waals surface area (Å²) in [7, 11) is 1.54. The Bertz CT molecular complexity index is 320. The molecule has 1 aromatic carbocycles. The summed E-state index contributed by atoms with van der Waals surface area (Å²) in [6.45, 7) is 1.86. The third kappa shape index (κ3) is 3.91. The molecule has 1 atom stereocenters. The van der Waals surface area contributed by atoms with Gasteiger partial charge < -0.3 is 5.32 Å². The van der Waals surface area contributed by atoms with E-state index in [-0.39, 0.29) is 0 Å². The molecule has 0 radical (unpaired) electrons. The molecule has 4 heteroatoms. The van der Waals surface area contributed by atoms with Crippen molar-refractivity contribution in [2.75, 3.05) is 7.05 Å². The summed E-state index contributed by atoms with van der Waals surface area (Å²) < 4.78 is 36.7. The lowest BCUT2D eigenvalue weighted by Gasteiger charge is -2.18. The van der Waals surface area contributed by atoms with Gasteiger partial charge in [0.25, 0.3) is 0 Å². The molecule has 0 amide bonds. The summed E-state index contributed by atoms with van der Waals surface area (Å²) in [4.78, 5) is 0. The molecule has 1 aromatic rings. The van der Waals surface area contributed by atoms with E-state index >= 15 is 0 Å². The van der Waals surface area contributed by atoms with Gasteiger partial charge in [0.15, 0.2) is 0 Å². The Morgan fingerprint density at radius 3 is 2.47 bits per heavy atom. The average Bonchev–Trinajstić information content (AvgIpc) is 2.13. The van der Waals surface area contributed by atoms with Gasteiger partial charge in [0.2, 0.25) is 0 Å². The number of hydrogen-bond acceptors (Lipinski definition) is 1. The maximum Gasteiger partial charge on any atom is 0.390 e. The topological polar surface area (TPSA) is 12.0 Å².